The summed E-state index contributed by atoms with van der Waals surface area (Å²) in [6.07, 6.45) is 1.75. The van der Waals surface area contributed by atoms with Gasteiger partial charge in [-0.3, -0.25) is 9.59 Å². The highest BCUT2D eigenvalue weighted by atomic mass is 16.5. The number of hydrogen-bond donors (Lipinski definition) is 1. The van der Waals surface area contributed by atoms with Crippen molar-refractivity contribution in [2.45, 2.75) is 32.4 Å². The quantitative estimate of drug-likeness (QED) is 0.605. The highest BCUT2D eigenvalue weighted by Crippen LogP contribution is 2.18. The minimum absolute atomic E-state index is 0.0997. The van der Waals surface area contributed by atoms with Crippen LogP contribution in [0.4, 0.5) is 0 Å². The molecule has 1 amide bonds. The van der Waals surface area contributed by atoms with Gasteiger partial charge in [0.25, 0.3) is 11.5 Å². The summed E-state index contributed by atoms with van der Waals surface area (Å²) in [4.78, 5) is 24.8. The van der Waals surface area contributed by atoms with E-state index in [1.165, 1.54) is 16.8 Å². The lowest BCUT2D eigenvalue weighted by Gasteiger charge is -2.18. The fourth-order valence-corrected chi connectivity index (χ4v) is 3.03. The number of benzene rings is 2. The summed E-state index contributed by atoms with van der Waals surface area (Å²) in [5, 5.41) is 7.25. The molecule has 0 aliphatic heterocycles. The summed E-state index contributed by atoms with van der Waals surface area (Å²) in [5.74, 6) is 0.421. The first-order chi connectivity index (χ1) is 14.2. The zero-order chi connectivity index (χ0) is 20.5. The summed E-state index contributed by atoms with van der Waals surface area (Å²) < 4.78 is 6.88. The van der Waals surface area contributed by atoms with Gasteiger partial charge in [-0.25, -0.2) is 4.68 Å². The average molecular weight is 391 g/mol. The summed E-state index contributed by atoms with van der Waals surface area (Å²) in [6, 6.07) is 21.9. The van der Waals surface area contributed by atoms with E-state index in [2.05, 4.69) is 17.3 Å². The molecule has 1 N–H and O–H groups in total. The molecule has 0 spiro atoms. The van der Waals surface area contributed by atoms with Gasteiger partial charge in [0, 0.05) is 6.07 Å². The van der Waals surface area contributed by atoms with Crippen molar-refractivity contribution >= 4 is 5.91 Å². The van der Waals surface area contributed by atoms with Gasteiger partial charge in [0.1, 0.15) is 18.1 Å². The third-order valence-electron chi connectivity index (χ3n) is 4.50. The lowest BCUT2D eigenvalue weighted by molar-refractivity contribution is 0.0926. The van der Waals surface area contributed by atoms with Crippen molar-refractivity contribution in [2.24, 2.45) is 0 Å². The molecule has 0 saturated heterocycles. The van der Waals surface area contributed by atoms with Crippen LogP contribution in [0.5, 0.6) is 5.75 Å². The number of carbonyl (C=O) groups excluding carboxylic acids is 1. The average Bonchev–Trinajstić information content (AvgIpc) is 2.76. The van der Waals surface area contributed by atoms with Gasteiger partial charge >= 0.3 is 0 Å². The fraction of sp³-hybridized carbons (Fsp3) is 0.261. The fourth-order valence-electron chi connectivity index (χ4n) is 3.03. The van der Waals surface area contributed by atoms with Crippen LogP contribution in [0.15, 0.2) is 77.6 Å². The molecule has 3 rings (SSSR count). The third kappa shape index (κ3) is 5.78. The van der Waals surface area contributed by atoms with Gasteiger partial charge in [-0.1, -0.05) is 61.9 Å². The first-order valence-electron chi connectivity index (χ1n) is 9.79. The molecule has 0 saturated carbocycles. The van der Waals surface area contributed by atoms with Crippen LogP contribution in [0.1, 0.15) is 41.9 Å². The van der Waals surface area contributed by atoms with E-state index < -0.39 is 0 Å². The minimum atomic E-state index is -0.301. The monoisotopic (exact) mass is 391 g/mol. The first-order valence-corrected chi connectivity index (χ1v) is 9.79. The van der Waals surface area contributed by atoms with E-state index in [-0.39, 0.29) is 36.4 Å². The number of hydrogen-bond acceptors (Lipinski definition) is 4. The molecule has 1 unspecified atom stereocenters. The maximum Gasteiger partial charge on any atom is 0.272 e. The standard InChI is InChI=1S/C23H25N3O3/c1-2-9-20(18-10-5-3-6-11-18)24-23(28)21-14-15-22(27)26(25-21)16-17-29-19-12-7-4-8-13-19/h3-8,10-15,20H,2,9,16-17H2,1H3,(H,24,28). The molecule has 2 aromatic carbocycles. The lowest BCUT2D eigenvalue weighted by Crippen LogP contribution is -2.32. The molecular weight excluding hydrogens is 366 g/mol. The van der Waals surface area contributed by atoms with Crippen LogP contribution in [0.3, 0.4) is 0 Å². The Bertz CT molecular complexity index is 971. The van der Waals surface area contributed by atoms with Gasteiger partial charge in [0.15, 0.2) is 0 Å². The number of carbonyl (C=O) groups is 1. The summed E-state index contributed by atoms with van der Waals surface area (Å²) >= 11 is 0. The Morgan fingerprint density at radius 3 is 2.41 bits per heavy atom. The Morgan fingerprint density at radius 2 is 1.72 bits per heavy atom. The van der Waals surface area contributed by atoms with Crippen LogP contribution in [0.2, 0.25) is 0 Å². The molecule has 1 heterocycles. The van der Waals surface area contributed by atoms with Crippen molar-refractivity contribution in [1.29, 1.82) is 0 Å². The second-order valence-electron chi connectivity index (χ2n) is 6.67. The summed E-state index contributed by atoms with van der Waals surface area (Å²) in [7, 11) is 0. The Morgan fingerprint density at radius 1 is 1.03 bits per heavy atom. The normalized spacial score (nSPS) is 11.6. The van der Waals surface area contributed by atoms with E-state index in [9.17, 15) is 9.59 Å². The molecule has 0 radical (unpaired) electrons. The second kappa shape index (κ2) is 10.2. The van der Waals surface area contributed by atoms with E-state index in [0.717, 1.165) is 24.2 Å². The van der Waals surface area contributed by atoms with Crippen molar-refractivity contribution in [1.82, 2.24) is 15.1 Å². The van der Waals surface area contributed by atoms with Gasteiger partial charge < -0.3 is 10.1 Å². The Balaban J connectivity index is 1.67. The lowest BCUT2D eigenvalue weighted by atomic mass is 10.0. The molecule has 0 aliphatic carbocycles. The minimum Gasteiger partial charge on any atom is -0.492 e. The van der Waals surface area contributed by atoms with Crippen LogP contribution in [-0.4, -0.2) is 22.3 Å². The first kappa shape index (κ1) is 20.3. The number of nitrogens with one attached hydrogen (secondary N) is 1. The van der Waals surface area contributed by atoms with Gasteiger partial charge in [-0.05, 0) is 30.2 Å². The van der Waals surface area contributed by atoms with E-state index in [4.69, 9.17) is 4.74 Å². The van der Waals surface area contributed by atoms with Gasteiger partial charge in [-0.2, -0.15) is 5.10 Å². The topological polar surface area (TPSA) is 73.2 Å². The molecule has 0 fully saturated rings. The molecule has 6 heteroatoms. The summed E-state index contributed by atoms with van der Waals surface area (Å²) in [5.41, 5.74) is 0.986. The highest BCUT2D eigenvalue weighted by Gasteiger charge is 2.16. The van der Waals surface area contributed by atoms with E-state index in [1.807, 2.05) is 60.7 Å². The number of rotatable bonds is 9. The molecule has 29 heavy (non-hydrogen) atoms. The van der Waals surface area contributed by atoms with Crippen molar-refractivity contribution in [3.8, 4) is 5.75 Å². The number of ether oxygens (including phenoxy) is 1. The number of nitrogens with zero attached hydrogens (tertiary/aromatic N) is 2. The third-order valence-corrected chi connectivity index (χ3v) is 4.50. The number of para-hydroxylation sites is 1. The predicted molar refractivity (Wildman–Crippen MR) is 112 cm³/mol. The molecule has 150 valence electrons. The van der Waals surface area contributed by atoms with Gasteiger partial charge in [-0.15, -0.1) is 0 Å². The van der Waals surface area contributed by atoms with Crippen LogP contribution >= 0.6 is 0 Å². The maximum absolute atomic E-state index is 12.7. The molecule has 0 bridgehead atoms. The van der Waals surface area contributed by atoms with Gasteiger partial charge in [0.05, 0.1) is 12.6 Å². The molecule has 3 aromatic rings. The Labute approximate surface area is 170 Å². The number of amides is 1. The van der Waals surface area contributed by atoms with Crippen LogP contribution in [0, 0.1) is 0 Å². The van der Waals surface area contributed by atoms with Crippen molar-refractivity contribution < 1.29 is 9.53 Å². The Hall–Kier alpha value is -3.41. The number of aromatic nitrogens is 2. The van der Waals surface area contributed by atoms with Crippen LogP contribution < -0.4 is 15.6 Å². The molecule has 6 nitrogen and oxygen atoms in total. The van der Waals surface area contributed by atoms with Gasteiger partial charge in [0.2, 0.25) is 0 Å². The Kier molecular flexibility index (Phi) is 7.16. The molecule has 0 aliphatic rings. The highest BCUT2D eigenvalue weighted by molar-refractivity contribution is 5.92. The second-order valence-corrected chi connectivity index (χ2v) is 6.67. The zero-order valence-corrected chi connectivity index (χ0v) is 16.5. The molecule has 1 aromatic heterocycles. The summed E-state index contributed by atoms with van der Waals surface area (Å²) in [6.45, 7) is 2.61. The zero-order valence-electron chi connectivity index (χ0n) is 16.5. The van der Waals surface area contributed by atoms with E-state index in [1.54, 1.807) is 0 Å². The van der Waals surface area contributed by atoms with Crippen LogP contribution in [-0.2, 0) is 6.54 Å². The van der Waals surface area contributed by atoms with Crippen molar-refractivity contribution in [3.05, 3.63) is 94.4 Å². The maximum atomic E-state index is 12.7. The van der Waals surface area contributed by atoms with Crippen molar-refractivity contribution in [2.75, 3.05) is 6.61 Å². The van der Waals surface area contributed by atoms with Crippen molar-refractivity contribution in [3.63, 3.8) is 0 Å². The van der Waals surface area contributed by atoms with Crippen LogP contribution in [0.25, 0.3) is 0 Å². The smallest absolute Gasteiger partial charge is 0.272 e. The molecule has 1 atom stereocenters. The van der Waals surface area contributed by atoms with E-state index in [0.29, 0.717) is 0 Å². The SMILES string of the molecule is CCCC(NC(=O)c1ccc(=O)n(CCOc2ccccc2)n1)c1ccccc1. The van der Waals surface area contributed by atoms with E-state index >= 15 is 0 Å². The largest absolute Gasteiger partial charge is 0.492 e. The molecular formula is C23H25N3O3. The predicted octanol–water partition coefficient (Wildman–Crippen LogP) is 3.59.